The maximum Gasteiger partial charge on any atom is 0.251 e. The summed E-state index contributed by atoms with van der Waals surface area (Å²) in [7, 11) is 1.66. The van der Waals surface area contributed by atoms with E-state index in [4.69, 9.17) is 5.10 Å². The molecule has 0 radical (unpaired) electrons. The fourth-order valence-corrected chi connectivity index (χ4v) is 3.93. The highest BCUT2D eigenvalue weighted by molar-refractivity contribution is 5.98. The Morgan fingerprint density at radius 1 is 1.08 bits per heavy atom. The predicted octanol–water partition coefficient (Wildman–Crippen LogP) is 4.43. The van der Waals surface area contributed by atoms with Gasteiger partial charge in [-0.1, -0.05) is 43.5 Å². The van der Waals surface area contributed by atoms with Crippen molar-refractivity contribution in [2.75, 3.05) is 7.05 Å². The minimum atomic E-state index is -0.0737. The fourth-order valence-electron chi connectivity index (χ4n) is 3.93. The van der Waals surface area contributed by atoms with E-state index in [2.05, 4.69) is 28.2 Å². The lowest BCUT2D eigenvalue weighted by atomic mass is 9.85. The van der Waals surface area contributed by atoms with Crippen molar-refractivity contribution < 1.29 is 4.79 Å². The van der Waals surface area contributed by atoms with Crippen LogP contribution in [-0.2, 0) is 0 Å². The molecule has 4 heteroatoms. The van der Waals surface area contributed by atoms with Gasteiger partial charge in [0.25, 0.3) is 5.91 Å². The number of benzene rings is 2. The summed E-state index contributed by atoms with van der Waals surface area (Å²) < 4.78 is 2.09. The highest BCUT2D eigenvalue weighted by Crippen LogP contribution is 2.37. The van der Waals surface area contributed by atoms with E-state index in [0.29, 0.717) is 11.5 Å². The lowest BCUT2D eigenvalue weighted by Crippen LogP contribution is -2.17. The molecule has 0 unspecified atom stereocenters. The number of rotatable bonds is 3. The van der Waals surface area contributed by atoms with Crippen molar-refractivity contribution in [3.05, 3.63) is 59.8 Å². The summed E-state index contributed by atoms with van der Waals surface area (Å²) in [6.07, 6.45) is 6.31. The molecule has 4 rings (SSSR count). The lowest BCUT2D eigenvalue weighted by Gasteiger charge is -2.23. The summed E-state index contributed by atoms with van der Waals surface area (Å²) in [6.45, 7) is 0. The highest BCUT2D eigenvalue weighted by atomic mass is 16.1. The van der Waals surface area contributed by atoms with Crippen LogP contribution in [0.4, 0.5) is 0 Å². The largest absolute Gasteiger partial charge is 0.355 e. The molecule has 1 aromatic heterocycles. The standard InChI is InChI=1S/C21H23N3O/c1-22-21(25)16-12-13-18-19(14-16)23-24(17-10-6-3-7-11-17)20(18)15-8-4-2-5-9-15/h3,6-7,10-15H,2,4-5,8-9H2,1H3,(H,22,25). The van der Waals surface area contributed by atoms with Crippen LogP contribution in [0.5, 0.6) is 0 Å². The van der Waals surface area contributed by atoms with Gasteiger partial charge in [0.05, 0.1) is 16.9 Å². The Hall–Kier alpha value is -2.62. The van der Waals surface area contributed by atoms with Crippen molar-refractivity contribution in [3.8, 4) is 5.69 Å². The summed E-state index contributed by atoms with van der Waals surface area (Å²) in [5.74, 6) is 0.459. The van der Waals surface area contributed by atoms with Gasteiger partial charge in [0.2, 0.25) is 0 Å². The number of carbonyl (C=O) groups excluding carboxylic acids is 1. The maximum atomic E-state index is 12.0. The second kappa shape index (κ2) is 6.71. The first kappa shape index (κ1) is 15.9. The molecule has 3 aromatic rings. The van der Waals surface area contributed by atoms with Gasteiger partial charge in [-0.2, -0.15) is 5.10 Å². The molecule has 0 bridgehead atoms. The Kier molecular flexibility index (Phi) is 4.26. The van der Waals surface area contributed by atoms with E-state index in [1.165, 1.54) is 43.2 Å². The minimum Gasteiger partial charge on any atom is -0.355 e. The molecule has 0 atom stereocenters. The molecule has 1 aliphatic carbocycles. The number of nitrogens with zero attached hydrogens (tertiary/aromatic N) is 2. The molecule has 1 N–H and O–H groups in total. The molecule has 1 fully saturated rings. The van der Waals surface area contributed by atoms with Crippen LogP contribution in [0.3, 0.4) is 0 Å². The molecule has 1 saturated carbocycles. The number of hydrogen-bond donors (Lipinski definition) is 1. The predicted molar refractivity (Wildman–Crippen MR) is 100 cm³/mol. The SMILES string of the molecule is CNC(=O)c1ccc2c(C3CCCCC3)n(-c3ccccc3)nc2c1. The molecule has 0 aliphatic heterocycles. The van der Waals surface area contributed by atoms with E-state index in [9.17, 15) is 4.79 Å². The summed E-state index contributed by atoms with van der Waals surface area (Å²) in [4.78, 5) is 12.0. The average molecular weight is 333 g/mol. The van der Waals surface area contributed by atoms with E-state index in [-0.39, 0.29) is 5.91 Å². The van der Waals surface area contributed by atoms with Crippen molar-refractivity contribution in [2.45, 2.75) is 38.0 Å². The monoisotopic (exact) mass is 333 g/mol. The van der Waals surface area contributed by atoms with Gasteiger partial charge in [-0.3, -0.25) is 4.79 Å². The summed E-state index contributed by atoms with van der Waals surface area (Å²) in [6, 6.07) is 16.2. The van der Waals surface area contributed by atoms with Gasteiger partial charge in [-0.15, -0.1) is 0 Å². The van der Waals surface area contributed by atoms with Crippen molar-refractivity contribution >= 4 is 16.8 Å². The molecule has 4 nitrogen and oxygen atoms in total. The van der Waals surface area contributed by atoms with Gasteiger partial charge in [0.15, 0.2) is 0 Å². The zero-order valence-electron chi connectivity index (χ0n) is 14.5. The fraction of sp³-hybridized carbons (Fsp3) is 0.333. The smallest absolute Gasteiger partial charge is 0.251 e. The first-order valence-corrected chi connectivity index (χ1v) is 9.08. The highest BCUT2D eigenvalue weighted by Gasteiger charge is 2.24. The molecule has 2 aromatic carbocycles. The molecule has 1 heterocycles. The number of fused-ring (bicyclic) bond motifs is 1. The Bertz CT molecular complexity index is 892. The quantitative estimate of drug-likeness (QED) is 0.770. The third-order valence-corrected chi connectivity index (χ3v) is 5.19. The lowest BCUT2D eigenvalue weighted by molar-refractivity contribution is 0.0963. The normalized spacial score (nSPS) is 15.4. The van der Waals surface area contributed by atoms with E-state index in [1.54, 1.807) is 7.05 Å². The van der Waals surface area contributed by atoms with Crippen LogP contribution in [-0.4, -0.2) is 22.7 Å². The van der Waals surface area contributed by atoms with Crippen LogP contribution in [0, 0.1) is 0 Å². The molecule has 25 heavy (non-hydrogen) atoms. The van der Waals surface area contributed by atoms with Crippen molar-refractivity contribution in [1.82, 2.24) is 15.1 Å². The molecule has 1 amide bonds. The maximum absolute atomic E-state index is 12.0. The Morgan fingerprint density at radius 3 is 2.56 bits per heavy atom. The summed E-state index contributed by atoms with van der Waals surface area (Å²) in [5, 5.41) is 8.73. The van der Waals surface area contributed by atoms with E-state index < -0.39 is 0 Å². The first-order valence-electron chi connectivity index (χ1n) is 9.08. The number of aromatic nitrogens is 2. The van der Waals surface area contributed by atoms with Crippen LogP contribution >= 0.6 is 0 Å². The topological polar surface area (TPSA) is 46.9 Å². The van der Waals surface area contributed by atoms with Gasteiger partial charge in [-0.25, -0.2) is 4.68 Å². The second-order valence-corrected chi connectivity index (χ2v) is 6.78. The Labute approximate surface area is 147 Å². The van der Waals surface area contributed by atoms with Crippen LogP contribution in [0.25, 0.3) is 16.6 Å². The van der Waals surface area contributed by atoms with Gasteiger partial charge < -0.3 is 5.32 Å². The molecular formula is C21H23N3O. The number of nitrogens with one attached hydrogen (secondary N) is 1. The third-order valence-electron chi connectivity index (χ3n) is 5.19. The average Bonchev–Trinajstić information content (AvgIpc) is 3.07. The first-order chi connectivity index (χ1) is 12.3. The van der Waals surface area contributed by atoms with Crippen molar-refractivity contribution in [3.63, 3.8) is 0 Å². The van der Waals surface area contributed by atoms with Crippen LogP contribution in [0.2, 0.25) is 0 Å². The number of amides is 1. The zero-order valence-corrected chi connectivity index (χ0v) is 14.5. The number of para-hydroxylation sites is 1. The van der Waals surface area contributed by atoms with Crippen molar-refractivity contribution in [1.29, 1.82) is 0 Å². The number of hydrogen-bond acceptors (Lipinski definition) is 2. The zero-order chi connectivity index (χ0) is 17.2. The van der Waals surface area contributed by atoms with E-state index in [0.717, 1.165) is 11.2 Å². The molecular weight excluding hydrogens is 310 g/mol. The van der Waals surface area contributed by atoms with Crippen LogP contribution < -0.4 is 5.32 Å². The summed E-state index contributed by atoms with van der Waals surface area (Å²) >= 11 is 0. The minimum absolute atomic E-state index is 0.0737. The van der Waals surface area contributed by atoms with E-state index in [1.807, 2.05) is 30.3 Å². The van der Waals surface area contributed by atoms with Gasteiger partial charge in [0.1, 0.15) is 0 Å². The van der Waals surface area contributed by atoms with Gasteiger partial charge in [-0.05, 0) is 37.1 Å². The summed E-state index contributed by atoms with van der Waals surface area (Å²) in [5.41, 5.74) is 3.93. The number of carbonyl (C=O) groups is 1. The van der Waals surface area contributed by atoms with Crippen molar-refractivity contribution in [2.24, 2.45) is 0 Å². The molecule has 0 spiro atoms. The molecule has 0 saturated heterocycles. The van der Waals surface area contributed by atoms with Gasteiger partial charge >= 0.3 is 0 Å². The molecule has 1 aliphatic rings. The van der Waals surface area contributed by atoms with Crippen LogP contribution in [0.1, 0.15) is 54.1 Å². The Morgan fingerprint density at radius 2 is 1.84 bits per heavy atom. The van der Waals surface area contributed by atoms with E-state index >= 15 is 0 Å². The van der Waals surface area contributed by atoms with Gasteiger partial charge in [0, 0.05) is 23.9 Å². The third kappa shape index (κ3) is 2.93. The second-order valence-electron chi connectivity index (χ2n) is 6.78. The molecule has 128 valence electrons. The van der Waals surface area contributed by atoms with Crippen LogP contribution in [0.15, 0.2) is 48.5 Å². The Balaban J connectivity index is 1.90.